The third kappa shape index (κ3) is 3.42. The topological polar surface area (TPSA) is 69.6 Å². The molecule has 10 heteroatoms. The number of hydrogen-bond donors (Lipinski definition) is 0. The summed E-state index contributed by atoms with van der Waals surface area (Å²) in [5, 5.41) is 10.4. The Morgan fingerprint density at radius 3 is 2.27 bits per heavy atom. The molecule has 0 bridgehead atoms. The van der Waals surface area contributed by atoms with Gasteiger partial charge < -0.3 is 9.09 Å². The molecule has 1 unspecified atom stereocenters. The number of nitrogens with zero attached hydrogens (tertiary/aromatic N) is 5. The maximum Gasteiger partial charge on any atom is 0.451 e. The maximum absolute atomic E-state index is 12.7. The van der Waals surface area contributed by atoms with Crippen LogP contribution >= 0.6 is 11.8 Å². The van der Waals surface area contributed by atoms with Crippen LogP contribution in [0.15, 0.2) is 9.68 Å². The highest BCUT2D eigenvalue weighted by Gasteiger charge is 2.38. The first-order valence-corrected chi connectivity index (χ1v) is 7.35. The lowest BCUT2D eigenvalue weighted by Crippen LogP contribution is -2.13. The Labute approximate surface area is 129 Å². The van der Waals surface area contributed by atoms with Crippen molar-refractivity contribution in [2.75, 3.05) is 0 Å². The van der Waals surface area contributed by atoms with Gasteiger partial charge in [-0.15, -0.1) is 10.2 Å². The second-order valence-corrected chi connectivity index (χ2v) is 7.14. The normalized spacial score (nSPS) is 14.4. The van der Waals surface area contributed by atoms with Crippen molar-refractivity contribution in [2.24, 2.45) is 7.05 Å². The van der Waals surface area contributed by atoms with E-state index in [-0.39, 0.29) is 15.8 Å². The standard InChI is InChI=1S/C12H16F3N5OS/c1-6(7-16-8(19-21-7)11(2,3)4)22-10-18-17-9(20(10)5)12(13,14)15/h6H,1-5H3. The van der Waals surface area contributed by atoms with Crippen molar-refractivity contribution in [3.05, 3.63) is 17.5 Å². The molecule has 0 aliphatic rings. The summed E-state index contributed by atoms with van der Waals surface area (Å²) in [7, 11) is 1.27. The zero-order valence-electron chi connectivity index (χ0n) is 12.8. The monoisotopic (exact) mass is 335 g/mol. The number of alkyl halides is 3. The maximum atomic E-state index is 12.7. The van der Waals surface area contributed by atoms with Gasteiger partial charge in [-0.25, -0.2) is 0 Å². The van der Waals surface area contributed by atoms with E-state index < -0.39 is 12.0 Å². The van der Waals surface area contributed by atoms with Gasteiger partial charge in [0.15, 0.2) is 11.0 Å². The second-order valence-electron chi connectivity index (χ2n) is 5.83. The molecule has 0 saturated carbocycles. The van der Waals surface area contributed by atoms with E-state index in [1.807, 2.05) is 20.8 Å². The fraction of sp³-hybridized carbons (Fsp3) is 0.667. The average Bonchev–Trinajstić information content (AvgIpc) is 2.95. The van der Waals surface area contributed by atoms with Crippen LogP contribution in [0.2, 0.25) is 0 Å². The third-order valence-electron chi connectivity index (χ3n) is 2.83. The Kier molecular flexibility index (Phi) is 4.24. The Hall–Kier alpha value is -1.58. The van der Waals surface area contributed by atoms with Crippen molar-refractivity contribution in [2.45, 2.75) is 49.7 Å². The van der Waals surface area contributed by atoms with Crippen LogP contribution in [0.1, 0.15) is 50.5 Å². The molecule has 0 saturated heterocycles. The van der Waals surface area contributed by atoms with Gasteiger partial charge in [0.2, 0.25) is 11.7 Å². The summed E-state index contributed by atoms with van der Waals surface area (Å²) in [6.45, 7) is 7.58. The summed E-state index contributed by atoms with van der Waals surface area (Å²) in [6.07, 6.45) is -4.53. The number of halogens is 3. The van der Waals surface area contributed by atoms with Crippen LogP contribution in [0.5, 0.6) is 0 Å². The van der Waals surface area contributed by atoms with Gasteiger partial charge in [-0.05, 0) is 6.92 Å². The third-order valence-corrected chi connectivity index (χ3v) is 3.95. The van der Waals surface area contributed by atoms with Gasteiger partial charge in [0.25, 0.3) is 0 Å². The highest BCUT2D eigenvalue weighted by molar-refractivity contribution is 7.99. The molecule has 0 aliphatic carbocycles. The molecule has 0 aliphatic heterocycles. The summed E-state index contributed by atoms with van der Waals surface area (Å²) >= 11 is 1.08. The Morgan fingerprint density at radius 2 is 1.82 bits per heavy atom. The highest BCUT2D eigenvalue weighted by Crippen LogP contribution is 2.36. The van der Waals surface area contributed by atoms with E-state index in [1.165, 1.54) is 7.05 Å². The molecule has 2 rings (SSSR count). The second kappa shape index (κ2) is 5.56. The SMILES string of the molecule is CC(Sc1nnc(C(F)(F)F)n1C)c1nc(C(C)(C)C)no1. The van der Waals surface area contributed by atoms with Gasteiger partial charge in [0, 0.05) is 12.5 Å². The summed E-state index contributed by atoms with van der Waals surface area (Å²) in [4.78, 5) is 4.28. The van der Waals surface area contributed by atoms with Gasteiger partial charge >= 0.3 is 6.18 Å². The summed E-state index contributed by atoms with van der Waals surface area (Å²) in [5.41, 5.74) is -0.264. The molecule has 2 aromatic heterocycles. The molecule has 0 N–H and O–H groups in total. The van der Waals surface area contributed by atoms with Crippen LogP contribution < -0.4 is 0 Å². The van der Waals surface area contributed by atoms with Gasteiger partial charge in [0.05, 0.1) is 5.25 Å². The number of hydrogen-bond acceptors (Lipinski definition) is 6. The van der Waals surface area contributed by atoms with Gasteiger partial charge in [-0.3, -0.25) is 0 Å². The minimum absolute atomic E-state index is 0.135. The Balaban J connectivity index is 2.18. The molecule has 0 aromatic carbocycles. The van der Waals surface area contributed by atoms with E-state index in [4.69, 9.17) is 4.52 Å². The molecule has 0 spiro atoms. The first-order chi connectivity index (χ1) is 10.00. The molecule has 2 heterocycles. The number of rotatable bonds is 3. The molecule has 122 valence electrons. The van der Waals surface area contributed by atoms with Crippen LogP contribution in [0, 0.1) is 0 Å². The van der Waals surface area contributed by atoms with E-state index in [1.54, 1.807) is 6.92 Å². The summed E-state index contributed by atoms with van der Waals surface area (Å²) in [6, 6.07) is 0. The molecule has 6 nitrogen and oxygen atoms in total. The fourth-order valence-electron chi connectivity index (χ4n) is 1.58. The van der Waals surface area contributed by atoms with Gasteiger partial charge in [-0.1, -0.05) is 37.7 Å². The molecular formula is C12H16F3N5OS. The van der Waals surface area contributed by atoms with Crippen molar-refractivity contribution < 1.29 is 17.7 Å². The van der Waals surface area contributed by atoms with Crippen molar-refractivity contribution >= 4 is 11.8 Å². The highest BCUT2D eigenvalue weighted by atomic mass is 32.2. The summed E-state index contributed by atoms with van der Waals surface area (Å²) in [5.74, 6) is -0.154. The van der Waals surface area contributed by atoms with Crippen LogP contribution in [0.25, 0.3) is 0 Å². The van der Waals surface area contributed by atoms with E-state index in [0.29, 0.717) is 11.7 Å². The first kappa shape index (κ1) is 16.8. The average molecular weight is 335 g/mol. The molecule has 0 amide bonds. The molecule has 0 radical (unpaired) electrons. The number of thioether (sulfide) groups is 1. The molecular weight excluding hydrogens is 319 g/mol. The minimum Gasteiger partial charge on any atom is -0.338 e. The zero-order chi connectivity index (χ0) is 16.7. The van der Waals surface area contributed by atoms with Crippen LogP contribution in [-0.4, -0.2) is 24.9 Å². The Bertz CT molecular complexity index is 659. The smallest absolute Gasteiger partial charge is 0.338 e. The zero-order valence-corrected chi connectivity index (χ0v) is 13.6. The molecule has 0 fully saturated rings. The van der Waals surface area contributed by atoms with Crippen molar-refractivity contribution in [3.8, 4) is 0 Å². The lowest BCUT2D eigenvalue weighted by molar-refractivity contribution is -0.147. The van der Waals surface area contributed by atoms with E-state index in [2.05, 4.69) is 20.3 Å². The van der Waals surface area contributed by atoms with Gasteiger partial charge in [0.1, 0.15) is 0 Å². The first-order valence-electron chi connectivity index (χ1n) is 6.47. The van der Waals surface area contributed by atoms with Crippen molar-refractivity contribution in [1.82, 2.24) is 24.9 Å². The molecule has 1 atom stereocenters. The van der Waals surface area contributed by atoms with Crippen molar-refractivity contribution in [3.63, 3.8) is 0 Å². The number of aromatic nitrogens is 5. The fourth-order valence-corrected chi connectivity index (χ4v) is 2.42. The predicted octanol–water partition coefficient (Wildman–Crippen LogP) is 3.37. The van der Waals surface area contributed by atoms with E-state index in [0.717, 1.165) is 16.3 Å². The lowest BCUT2D eigenvalue weighted by atomic mass is 9.96. The Morgan fingerprint density at radius 1 is 1.18 bits per heavy atom. The van der Waals surface area contributed by atoms with Gasteiger partial charge in [-0.2, -0.15) is 18.2 Å². The minimum atomic E-state index is -4.53. The quantitative estimate of drug-likeness (QED) is 0.801. The van der Waals surface area contributed by atoms with Crippen LogP contribution in [0.3, 0.4) is 0 Å². The molecule has 22 heavy (non-hydrogen) atoms. The predicted molar refractivity (Wildman–Crippen MR) is 73.3 cm³/mol. The van der Waals surface area contributed by atoms with Crippen LogP contribution in [-0.2, 0) is 18.6 Å². The summed E-state index contributed by atoms with van der Waals surface area (Å²) < 4.78 is 44.1. The van der Waals surface area contributed by atoms with Crippen molar-refractivity contribution in [1.29, 1.82) is 0 Å². The van der Waals surface area contributed by atoms with Crippen LogP contribution in [0.4, 0.5) is 13.2 Å². The largest absolute Gasteiger partial charge is 0.451 e. The van der Waals surface area contributed by atoms with E-state index >= 15 is 0 Å². The molecule has 2 aromatic rings. The lowest BCUT2D eigenvalue weighted by Gasteiger charge is -2.11. The van der Waals surface area contributed by atoms with E-state index in [9.17, 15) is 13.2 Å².